The highest BCUT2D eigenvalue weighted by Crippen LogP contribution is 2.35. The third-order valence-electron chi connectivity index (χ3n) is 4.36. The van der Waals surface area contributed by atoms with E-state index < -0.39 is 9.84 Å². The number of likely N-dealkylation sites (N-methyl/N-ethyl adjacent to an activating group) is 1. The number of hydrogen-bond acceptors (Lipinski definition) is 4. The number of carbonyl (C=O) groups excluding carboxylic acids is 1. The van der Waals surface area contributed by atoms with Gasteiger partial charge in [-0.05, 0) is 18.9 Å². The maximum atomic E-state index is 12.7. The molecule has 0 spiro atoms. The zero-order valence-electron chi connectivity index (χ0n) is 12.0. The first kappa shape index (κ1) is 14.4. The van der Waals surface area contributed by atoms with E-state index in [-0.39, 0.29) is 29.4 Å². The third-order valence-corrected chi connectivity index (χ3v) is 6.11. The van der Waals surface area contributed by atoms with Gasteiger partial charge in [0.2, 0.25) is 5.91 Å². The highest BCUT2D eigenvalue weighted by molar-refractivity contribution is 7.91. The molecule has 2 aliphatic rings. The number of ether oxygens (including phenoxy) is 1. The Balaban J connectivity index is 1.80. The number of amides is 1. The molecule has 1 aromatic rings. The van der Waals surface area contributed by atoms with Gasteiger partial charge >= 0.3 is 0 Å². The van der Waals surface area contributed by atoms with E-state index in [2.05, 4.69) is 0 Å². The van der Waals surface area contributed by atoms with Crippen LogP contribution in [0.1, 0.15) is 24.3 Å². The predicted molar refractivity (Wildman–Crippen MR) is 79.1 cm³/mol. The van der Waals surface area contributed by atoms with Gasteiger partial charge in [-0.3, -0.25) is 4.79 Å². The maximum Gasteiger partial charge on any atom is 0.230 e. The van der Waals surface area contributed by atoms with E-state index >= 15 is 0 Å². The van der Waals surface area contributed by atoms with Gasteiger partial charge in [-0.25, -0.2) is 8.42 Å². The molecule has 0 aromatic heterocycles. The van der Waals surface area contributed by atoms with Crippen molar-refractivity contribution >= 4 is 15.7 Å². The molecule has 6 heteroatoms. The number of benzene rings is 1. The molecule has 0 aliphatic carbocycles. The molecule has 0 saturated carbocycles. The lowest BCUT2D eigenvalue weighted by molar-refractivity contribution is -0.133. The fourth-order valence-electron chi connectivity index (χ4n) is 3.11. The monoisotopic (exact) mass is 309 g/mol. The molecule has 5 nitrogen and oxygen atoms in total. The van der Waals surface area contributed by atoms with Crippen molar-refractivity contribution in [2.75, 3.05) is 25.2 Å². The highest BCUT2D eigenvalue weighted by Gasteiger charge is 2.36. The van der Waals surface area contributed by atoms with E-state index in [4.69, 9.17) is 4.74 Å². The number of rotatable bonds is 2. The van der Waals surface area contributed by atoms with Crippen molar-refractivity contribution in [3.63, 3.8) is 0 Å². The van der Waals surface area contributed by atoms with E-state index in [1.165, 1.54) is 0 Å². The van der Waals surface area contributed by atoms with Crippen LogP contribution in [0.2, 0.25) is 0 Å². The molecule has 1 amide bonds. The Kier molecular flexibility index (Phi) is 3.65. The molecule has 1 saturated heterocycles. The normalized spacial score (nSPS) is 26.7. The van der Waals surface area contributed by atoms with Gasteiger partial charge < -0.3 is 9.64 Å². The van der Waals surface area contributed by atoms with Gasteiger partial charge in [-0.2, -0.15) is 0 Å². The van der Waals surface area contributed by atoms with Crippen LogP contribution in [-0.4, -0.2) is 50.4 Å². The smallest absolute Gasteiger partial charge is 0.230 e. The van der Waals surface area contributed by atoms with E-state index in [1.807, 2.05) is 24.3 Å². The fourth-order valence-corrected chi connectivity index (χ4v) is 4.88. The lowest BCUT2D eigenvalue weighted by Gasteiger charge is -2.31. The summed E-state index contributed by atoms with van der Waals surface area (Å²) in [7, 11) is -1.27. The van der Waals surface area contributed by atoms with E-state index in [0.717, 1.165) is 11.3 Å². The molecule has 3 rings (SSSR count). The molecule has 2 aliphatic heterocycles. The van der Waals surface area contributed by atoms with Crippen LogP contribution in [-0.2, 0) is 14.6 Å². The van der Waals surface area contributed by atoms with Gasteiger partial charge in [0.15, 0.2) is 9.84 Å². The van der Waals surface area contributed by atoms with Crippen LogP contribution >= 0.6 is 0 Å². The number of para-hydroxylation sites is 1. The molecule has 1 aromatic carbocycles. The molecule has 114 valence electrons. The lowest BCUT2D eigenvalue weighted by Crippen LogP contribution is -2.41. The lowest BCUT2D eigenvalue weighted by atomic mass is 9.91. The summed E-state index contributed by atoms with van der Waals surface area (Å²) < 4.78 is 28.7. The van der Waals surface area contributed by atoms with E-state index in [1.54, 1.807) is 11.9 Å². The molecular formula is C15H19NO4S. The molecule has 0 bridgehead atoms. The van der Waals surface area contributed by atoms with Crippen molar-refractivity contribution in [2.24, 2.45) is 0 Å². The first-order valence-corrected chi connectivity index (χ1v) is 8.99. The summed E-state index contributed by atoms with van der Waals surface area (Å²) in [6, 6.07) is 7.37. The van der Waals surface area contributed by atoms with Crippen molar-refractivity contribution < 1.29 is 17.9 Å². The molecule has 2 unspecified atom stereocenters. The predicted octanol–water partition coefficient (Wildman–Crippen LogP) is 1.20. The summed E-state index contributed by atoms with van der Waals surface area (Å²) in [4.78, 5) is 14.4. The summed E-state index contributed by atoms with van der Waals surface area (Å²) >= 11 is 0. The molecular weight excluding hydrogens is 290 g/mol. The Morgan fingerprint density at radius 1 is 1.29 bits per heavy atom. The zero-order chi connectivity index (χ0) is 15.0. The standard InChI is InChI=1S/C15H19NO4S/c1-16(11-7-9-21(18,19)10-11)15(17)13-6-8-20-14-5-3-2-4-12(13)14/h2-5,11,13H,6-10H2,1H3. The second-order valence-corrected chi connectivity index (χ2v) is 7.96. The van der Waals surface area contributed by atoms with Crippen molar-refractivity contribution in [3.8, 4) is 5.75 Å². The SMILES string of the molecule is CN(C(=O)C1CCOc2ccccc21)C1CCS(=O)(=O)C1. The molecule has 2 atom stereocenters. The van der Waals surface area contributed by atoms with Gasteiger partial charge in [0.1, 0.15) is 5.75 Å². The number of nitrogens with zero attached hydrogens (tertiary/aromatic N) is 1. The van der Waals surface area contributed by atoms with Crippen molar-refractivity contribution in [3.05, 3.63) is 29.8 Å². The summed E-state index contributed by atoms with van der Waals surface area (Å²) in [5.41, 5.74) is 0.904. The second kappa shape index (κ2) is 5.33. The number of fused-ring (bicyclic) bond motifs is 1. The largest absolute Gasteiger partial charge is 0.493 e. The Labute approximate surface area is 124 Å². The minimum absolute atomic E-state index is 0.00662. The average Bonchev–Trinajstić information content (AvgIpc) is 2.85. The summed E-state index contributed by atoms with van der Waals surface area (Å²) in [5.74, 6) is 0.783. The van der Waals surface area contributed by atoms with Gasteiger partial charge in [-0.15, -0.1) is 0 Å². The number of carbonyl (C=O) groups is 1. The summed E-state index contributed by atoms with van der Waals surface area (Å²) in [6.45, 7) is 0.518. The van der Waals surface area contributed by atoms with Crippen LogP contribution in [0.5, 0.6) is 5.75 Å². The van der Waals surface area contributed by atoms with Crippen LogP contribution in [0.4, 0.5) is 0 Å². The average molecular weight is 309 g/mol. The first-order valence-electron chi connectivity index (χ1n) is 7.17. The highest BCUT2D eigenvalue weighted by atomic mass is 32.2. The van der Waals surface area contributed by atoms with Crippen LogP contribution in [0.25, 0.3) is 0 Å². The molecule has 0 N–H and O–H groups in total. The van der Waals surface area contributed by atoms with Crippen molar-refractivity contribution in [2.45, 2.75) is 24.8 Å². The fraction of sp³-hybridized carbons (Fsp3) is 0.533. The summed E-state index contributed by atoms with van der Waals surface area (Å²) in [5, 5.41) is 0. The number of hydrogen-bond donors (Lipinski definition) is 0. The number of sulfone groups is 1. The maximum absolute atomic E-state index is 12.7. The molecule has 2 heterocycles. The van der Waals surface area contributed by atoms with Crippen molar-refractivity contribution in [1.29, 1.82) is 0 Å². The quantitative estimate of drug-likeness (QED) is 0.823. The minimum atomic E-state index is -2.98. The van der Waals surface area contributed by atoms with Crippen LogP contribution in [0.15, 0.2) is 24.3 Å². The van der Waals surface area contributed by atoms with E-state index in [0.29, 0.717) is 19.4 Å². The minimum Gasteiger partial charge on any atom is -0.493 e. The molecule has 1 fully saturated rings. The topological polar surface area (TPSA) is 63.7 Å². The van der Waals surface area contributed by atoms with Gasteiger partial charge in [0.05, 0.1) is 24.0 Å². The van der Waals surface area contributed by atoms with Crippen LogP contribution in [0, 0.1) is 0 Å². The van der Waals surface area contributed by atoms with Gasteiger partial charge in [-0.1, -0.05) is 18.2 Å². The van der Waals surface area contributed by atoms with Gasteiger partial charge in [0.25, 0.3) is 0 Å². The van der Waals surface area contributed by atoms with Gasteiger partial charge in [0, 0.05) is 18.7 Å². The second-order valence-electron chi connectivity index (χ2n) is 5.73. The Morgan fingerprint density at radius 2 is 2.05 bits per heavy atom. The zero-order valence-corrected chi connectivity index (χ0v) is 12.8. The summed E-state index contributed by atoms with van der Waals surface area (Å²) in [6.07, 6.45) is 1.18. The molecule has 0 radical (unpaired) electrons. The van der Waals surface area contributed by atoms with Crippen LogP contribution in [0.3, 0.4) is 0 Å². The third kappa shape index (κ3) is 2.77. The Morgan fingerprint density at radius 3 is 2.76 bits per heavy atom. The molecule has 21 heavy (non-hydrogen) atoms. The van der Waals surface area contributed by atoms with Crippen LogP contribution < -0.4 is 4.74 Å². The van der Waals surface area contributed by atoms with Crippen molar-refractivity contribution in [1.82, 2.24) is 4.90 Å². The van der Waals surface area contributed by atoms with E-state index in [9.17, 15) is 13.2 Å². The first-order chi connectivity index (χ1) is 9.98. The Hall–Kier alpha value is -1.56. The Bertz CT molecular complexity index is 655.